The number of carbonyl (C=O) groups excluding carboxylic acids is 1. The number of hydrogen-bond donors (Lipinski definition) is 1. The molecule has 112 valence electrons. The summed E-state index contributed by atoms with van der Waals surface area (Å²) in [6.45, 7) is 1.50. The van der Waals surface area contributed by atoms with Gasteiger partial charge in [-0.2, -0.15) is 0 Å². The minimum Gasteiger partial charge on any atom is -0.326 e. The predicted octanol–water partition coefficient (Wildman–Crippen LogP) is 5.20. The molecule has 2 aromatic carbocycles. The van der Waals surface area contributed by atoms with E-state index < -0.39 is 0 Å². The number of halogens is 1. The van der Waals surface area contributed by atoms with Gasteiger partial charge in [-0.1, -0.05) is 35.5 Å². The van der Waals surface area contributed by atoms with E-state index >= 15 is 0 Å². The highest BCUT2D eigenvalue weighted by Crippen LogP contribution is 2.33. The normalized spacial score (nSPS) is 10.8. The summed E-state index contributed by atoms with van der Waals surface area (Å²) < 4.78 is 2.09. The first-order valence-electron chi connectivity index (χ1n) is 6.65. The van der Waals surface area contributed by atoms with Crippen LogP contribution in [0.15, 0.2) is 46.8 Å². The molecule has 0 atom stereocenters. The van der Waals surface area contributed by atoms with Crippen molar-refractivity contribution in [3.05, 3.63) is 53.1 Å². The standard InChI is InChI=1S/C16H13ClN2OS2/c1-10(20)18-13-6-7-14-15(8-13)22-16(19-14)21-9-11-2-4-12(17)5-3-11/h2-8H,9H2,1H3,(H,18,20). The highest BCUT2D eigenvalue weighted by atomic mass is 35.5. The Bertz CT molecular complexity index is 815. The number of nitrogens with one attached hydrogen (secondary N) is 1. The van der Waals surface area contributed by atoms with Gasteiger partial charge >= 0.3 is 0 Å². The minimum absolute atomic E-state index is 0.0683. The lowest BCUT2D eigenvalue weighted by atomic mass is 10.2. The van der Waals surface area contributed by atoms with Crippen molar-refractivity contribution >= 4 is 56.5 Å². The number of benzene rings is 2. The van der Waals surface area contributed by atoms with Crippen molar-refractivity contribution in [3.8, 4) is 0 Å². The molecule has 0 radical (unpaired) electrons. The molecular formula is C16H13ClN2OS2. The molecule has 0 bridgehead atoms. The van der Waals surface area contributed by atoms with Gasteiger partial charge in [-0.3, -0.25) is 4.79 Å². The van der Waals surface area contributed by atoms with Crippen LogP contribution in [-0.2, 0) is 10.5 Å². The summed E-state index contributed by atoms with van der Waals surface area (Å²) in [7, 11) is 0. The number of fused-ring (bicyclic) bond motifs is 1. The Labute approximate surface area is 141 Å². The first-order valence-corrected chi connectivity index (χ1v) is 8.83. The molecule has 0 aliphatic carbocycles. The van der Waals surface area contributed by atoms with Crippen LogP contribution in [0.2, 0.25) is 5.02 Å². The molecule has 0 unspecified atom stereocenters. The van der Waals surface area contributed by atoms with Crippen LogP contribution in [0.3, 0.4) is 0 Å². The number of amides is 1. The molecule has 1 N–H and O–H groups in total. The van der Waals surface area contributed by atoms with Crippen LogP contribution in [-0.4, -0.2) is 10.9 Å². The Hall–Kier alpha value is -1.56. The summed E-state index contributed by atoms with van der Waals surface area (Å²) >= 11 is 9.22. The monoisotopic (exact) mass is 348 g/mol. The Morgan fingerprint density at radius 3 is 2.77 bits per heavy atom. The van der Waals surface area contributed by atoms with Crippen molar-refractivity contribution < 1.29 is 4.79 Å². The number of aromatic nitrogens is 1. The molecule has 6 heteroatoms. The van der Waals surface area contributed by atoms with Crippen molar-refractivity contribution in [2.24, 2.45) is 0 Å². The van der Waals surface area contributed by atoms with Crippen molar-refractivity contribution in [2.75, 3.05) is 5.32 Å². The minimum atomic E-state index is -0.0683. The fourth-order valence-corrected chi connectivity index (χ4v) is 4.16. The lowest BCUT2D eigenvalue weighted by Gasteiger charge is -1.99. The Balaban J connectivity index is 1.74. The van der Waals surface area contributed by atoms with Gasteiger partial charge in [0.2, 0.25) is 5.91 Å². The van der Waals surface area contributed by atoms with E-state index in [-0.39, 0.29) is 5.91 Å². The average molecular weight is 349 g/mol. The maximum Gasteiger partial charge on any atom is 0.221 e. The summed E-state index contributed by atoms with van der Waals surface area (Å²) in [5, 5.41) is 3.54. The van der Waals surface area contributed by atoms with Crippen LogP contribution in [0.4, 0.5) is 5.69 Å². The van der Waals surface area contributed by atoms with E-state index in [0.717, 1.165) is 31.0 Å². The third-order valence-electron chi connectivity index (χ3n) is 2.96. The van der Waals surface area contributed by atoms with Gasteiger partial charge in [0.05, 0.1) is 10.2 Å². The highest BCUT2D eigenvalue weighted by molar-refractivity contribution is 8.00. The van der Waals surface area contributed by atoms with Crippen LogP contribution >= 0.6 is 34.7 Å². The third kappa shape index (κ3) is 3.80. The average Bonchev–Trinajstić information content (AvgIpc) is 2.88. The molecule has 3 nitrogen and oxygen atoms in total. The number of carbonyl (C=O) groups is 1. The highest BCUT2D eigenvalue weighted by Gasteiger charge is 2.06. The third-order valence-corrected chi connectivity index (χ3v) is 5.45. The van der Waals surface area contributed by atoms with Crippen molar-refractivity contribution in [3.63, 3.8) is 0 Å². The second-order valence-electron chi connectivity index (χ2n) is 4.76. The summed E-state index contributed by atoms with van der Waals surface area (Å²) in [6.07, 6.45) is 0. The van der Waals surface area contributed by atoms with E-state index in [0.29, 0.717) is 0 Å². The summed E-state index contributed by atoms with van der Waals surface area (Å²) in [5.74, 6) is 0.788. The molecular weight excluding hydrogens is 336 g/mol. The topological polar surface area (TPSA) is 42.0 Å². The molecule has 0 aliphatic heterocycles. The second-order valence-corrected chi connectivity index (χ2v) is 7.45. The number of rotatable bonds is 4. The van der Waals surface area contributed by atoms with Crippen LogP contribution in [0.1, 0.15) is 12.5 Å². The lowest BCUT2D eigenvalue weighted by molar-refractivity contribution is -0.114. The van der Waals surface area contributed by atoms with Gasteiger partial charge in [0, 0.05) is 23.4 Å². The smallest absolute Gasteiger partial charge is 0.221 e. The maximum absolute atomic E-state index is 11.1. The van der Waals surface area contributed by atoms with Crippen LogP contribution in [0, 0.1) is 0 Å². The largest absolute Gasteiger partial charge is 0.326 e. The zero-order valence-corrected chi connectivity index (χ0v) is 14.2. The molecule has 1 aromatic heterocycles. The maximum atomic E-state index is 11.1. The van der Waals surface area contributed by atoms with E-state index in [9.17, 15) is 4.79 Å². The fourth-order valence-electron chi connectivity index (χ4n) is 1.97. The quantitative estimate of drug-likeness (QED) is 0.659. The summed E-state index contributed by atoms with van der Waals surface area (Å²) in [5.41, 5.74) is 2.98. The molecule has 22 heavy (non-hydrogen) atoms. The molecule has 0 spiro atoms. The van der Waals surface area contributed by atoms with E-state index in [1.807, 2.05) is 42.5 Å². The molecule has 0 saturated heterocycles. The number of anilines is 1. The molecule has 0 fully saturated rings. The van der Waals surface area contributed by atoms with Crippen molar-refractivity contribution in [1.82, 2.24) is 4.98 Å². The van der Waals surface area contributed by atoms with Gasteiger partial charge in [-0.05, 0) is 35.9 Å². The molecule has 3 aromatic rings. The molecule has 1 amide bonds. The summed E-state index contributed by atoms with van der Waals surface area (Å²) in [4.78, 5) is 15.7. The summed E-state index contributed by atoms with van der Waals surface area (Å²) in [6, 6.07) is 13.6. The van der Waals surface area contributed by atoms with Crippen LogP contribution in [0.5, 0.6) is 0 Å². The van der Waals surface area contributed by atoms with Gasteiger partial charge in [-0.15, -0.1) is 11.3 Å². The molecule has 0 saturated carbocycles. The van der Waals surface area contributed by atoms with Crippen LogP contribution in [0.25, 0.3) is 10.2 Å². The number of thioether (sulfide) groups is 1. The van der Waals surface area contributed by atoms with E-state index in [1.54, 1.807) is 23.1 Å². The Morgan fingerprint density at radius 2 is 2.05 bits per heavy atom. The van der Waals surface area contributed by atoms with Crippen molar-refractivity contribution in [1.29, 1.82) is 0 Å². The Morgan fingerprint density at radius 1 is 1.27 bits per heavy atom. The molecule has 1 heterocycles. The number of nitrogens with zero attached hydrogens (tertiary/aromatic N) is 1. The fraction of sp³-hybridized carbons (Fsp3) is 0.125. The van der Waals surface area contributed by atoms with Gasteiger partial charge in [-0.25, -0.2) is 4.98 Å². The SMILES string of the molecule is CC(=O)Nc1ccc2nc(SCc3ccc(Cl)cc3)sc2c1. The first kappa shape index (κ1) is 15.3. The van der Waals surface area contributed by atoms with Gasteiger partial charge in [0.1, 0.15) is 0 Å². The van der Waals surface area contributed by atoms with E-state index in [4.69, 9.17) is 11.6 Å². The van der Waals surface area contributed by atoms with Crippen LogP contribution < -0.4 is 5.32 Å². The second kappa shape index (κ2) is 6.69. The lowest BCUT2D eigenvalue weighted by Crippen LogP contribution is -2.05. The number of hydrogen-bond acceptors (Lipinski definition) is 4. The van der Waals surface area contributed by atoms with E-state index in [1.165, 1.54) is 12.5 Å². The number of thiazole rings is 1. The molecule has 0 aliphatic rings. The van der Waals surface area contributed by atoms with Crippen molar-refractivity contribution in [2.45, 2.75) is 17.0 Å². The van der Waals surface area contributed by atoms with Gasteiger partial charge in [0.25, 0.3) is 0 Å². The zero-order valence-electron chi connectivity index (χ0n) is 11.8. The van der Waals surface area contributed by atoms with Gasteiger partial charge < -0.3 is 5.32 Å². The van der Waals surface area contributed by atoms with E-state index in [2.05, 4.69) is 10.3 Å². The molecule has 3 rings (SSSR count). The first-order chi connectivity index (χ1) is 10.6. The Kier molecular flexibility index (Phi) is 4.66. The van der Waals surface area contributed by atoms with Gasteiger partial charge in [0.15, 0.2) is 4.34 Å². The predicted molar refractivity (Wildman–Crippen MR) is 94.9 cm³/mol. The zero-order chi connectivity index (χ0) is 15.5.